The Hall–Kier alpha value is -2.03. The second-order valence-corrected chi connectivity index (χ2v) is 12.1. The number of likely N-dealkylation sites (tertiary alicyclic amines) is 1. The largest absolute Gasteiger partial charge is 0.466 e. The first-order valence-corrected chi connectivity index (χ1v) is 14.5. The van der Waals surface area contributed by atoms with Crippen molar-refractivity contribution in [3.63, 3.8) is 0 Å². The number of para-hydroxylation sites is 1. The van der Waals surface area contributed by atoms with Crippen LogP contribution >= 0.6 is 23.4 Å². The summed E-state index contributed by atoms with van der Waals surface area (Å²) in [6, 6.07) is 6.48. The first-order chi connectivity index (χ1) is 17.8. The van der Waals surface area contributed by atoms with Gasteiger partial charge in [0, 0.05) is 24.9 Å². The molecule has 3 unspecified atom stereocenters. The van der Waals surface area contributed by atoms with Crippen LogP contribution < -0.4 is 4.90 Å². The minimum absolute atomic E-state index is 0.0434. The average molecular weight is 549 g/mol. The maximum absolute atomic E-state index is 14.5. The van der Waals surface area contributed by atoms with Crippen molar-refractivity contribution in [2.75, 3.05) is 31.2 Å². The van der Waals surface area contributed by atoms with Gasteiger partial charge in [-0.15, -0.1) is 18.3 Å². The van der Waals surface area contributed by atoms with Crippen LogP contribution in [0.5, 0.6) is 0 Å². The van der Waals surface area contributed by atoms with Crippen molar-refractivity contribution in [2.24, 2.45) is 17.8 Å². The maximum Gasteiger partial charge on any atom is 0.310 e. The van der Waals surface area contributed by atoms with Crippen molar-refractivity contribution in [3.8, 4) is 0 Å². The number of carbonyl (C=O) groups is 3. The molecule has 1 aromatic rings. The molecule has 0 radical (unpaired) electrons. The fourth-order valence-electron chi connectivity index (χ4n) is 6.55. The average Bonchev–Trinajstić information content (AvgIpc) is 3.46. The normalized spacial score (nSPS) is 29.9. The lowest BCUT2D eigenvalue weighted by molar-refractivity contribution is -0.154. The summed E-state index contributed by atoms with van der Waals surface area (Å²) < 4.78 is 4.72. The number of aliphatic hydroxyl groups excluding tert-OH is 1. The Kier molecular flexibility index (Phi) is 8.92. The van der Waals surface area contributed by atoms with Crippen molar-refractivity contribution in [1.29, 1.82) is 0 Å². The standard InChI is InChI=1S/C28H37ClN2O5S/c1-4-14-30(20-13-9-8-12-19(20)29)26(34)24-28-18(3)17-21(37-28)22(27(35)36-5-2)23(28)25(33)31(24)15-10-6-7-11-16-32/h4,8-9,12-13,18,21-24,32H,1,5-7,10-11,14-17H2,2-3H3/t18?,21-,22+,23-,24?,28?/m0/s1. The monoisotopic (exact) mass is 548 g/mol. The van der Waals surface area contributed by atoms with Gasteiger partial charge < -0.3 is 19.6 Å². The number of amides is 2. The van der Waals surface area contributed by atoms with Gasteiger partial charge in [0.15, 0.2) is 0 Å². The summed E-state index contributed by atoms with van der Waals surface area (Å²) in [6.45, 7) is 8.81. The minimum Gasteiger partial charge on any atom is -0.466 e. The van der Waals surface area contributed by atoms with Crippen LogP contribution in [0.25, 0.3) is 0 Å². The van der Waals surface area contributed by atoms with Crippen LogP contribution in [0.4, 0.5) is 5.69 Å². The van der Waals surface area contributed by atoms with E-state index in [1.165, 1.54) is 0 Å². The van der Waals surface area contributed by atoms with Crippen LogP contribution in [0.2, 0.25) is 5.02 Å². The second kappa shape index (κ2) is 11.8. The van der Waals surface area contributed by atoms with E-state index in [1.54, 1.807) is 46.7 Å². The Bertz CT molecular complexity index is 1040. The molecule has 3 heterocycles. The van der Waals surface area contributed by atoms with E-state index in [1.807, 2.05) is 12.1 Å². The Balaban J connectivity index is 1.75. The maximum atomic E-state index is 14.5. The molecule has 1 aromatic carbocycles. The Morgan fingerprint density at radius 3 is 2.70 bits per heavy atom. The lowest BCUT2D eigenvalue weighted by Gasteiger charge is -2.40. The molecule has 7 nitrogen and oxygen atoms in total. The molecule has 3 fully saturated rings. The number of rotatable bonds is 12. The van der Waals surface area contributed by atoms with Crippen molar-refractivity contribution in [3.05, 3.63) is 41.9 Å². The number of fused-ring (bicyclic) bond motifs is 1. The summed E-state index contributed by atoms with van der Waals surface area (Å²) >= 11 is 8.17. The second-order valence-electron chi connectivity index (χ2n) is 10.2. The summed E-state index contributed by atoms with van der Waals surface area (Å²) in [5.74, 6) is -1.71. The van der Waals surface area contributed by atoms with Gasteiger partial charge >= 0.3 is 5.97 Å². The molecule has 3 aliphatic heterocycles. The van der Waals surface area contributed by atoms with E-state index in [2.05, 4.69) is 13.5 Å². The van der Waals surface area contributed by atoms with Gasteiger partial charge in [0.1, 0.15) is 6.04 Å². The molecule has 0 saturated carbocycles. The molecule has 3 saturated heterocycles. The van der Waals surface area contributed by atoms with Crippen LogP contribution in [0.1, 0.15) is 46.0 Å². The van der Waals surface area contributed by atoms with Crippen molar-refractivity contribution in [1.82, 2.24) is 4.90 Å². The number of hydrogen-bond acceptors (Lipinski definition) is 6. The van der Waals surface area contributed by atoms with Crippen molar-refractivity contribution >= 4 is 46.8 Å². The molecule has 4 rings (SSSR count). The number of esters is 1. The molecular formula is C28H37ClN2O5S. The van der Waals surface area contributed by atoms with Gasteiger partial charge in [-0.25, -0.2) is 0 Å². The fourth-order valence-corrected chi connectivity index (χ4v) is 9.19. The number of benzene rings is 1. The molecule has 0 aliphatic carbocycles. The number of hydrogen-bond donors (Lipinski definition) is 1. The number of nitrogens with zero attached hydrogens (tertiary/aromatic N) is 2. The van der Waals surface area contributed by atoms with E-state index < -0.39 is 22.6 Å². The smallest absolute Gasteiger partial charge is 0.310 e. The first kappa shape index (κ1) is 28.0. The number of carbonyl (C=O) groups excluding carboxylic acids is 3. The molecule has 1 N–H and O–H groups in total. The summed E-state index contributed by atoms with van der Waals surface area (Å²) in [5.41, 5.74) is 0.580. The molecule has 2 amide bonds. The summed E-state index contributed by atoms with van der Waals surface area (Å²) in [6.07, 6.45) is 5.56. The van der Waals surface area contributed by atoms with E-state index in [-0.39, 0.29) is 48.7 Å². The minimum atomic E-state index is -0.719. The number of unbranched alkanes of at least 4 members (excludes halogenated alkanes) is 3. The van der Waals surface area contributed by atoms with Crippen LogP contribution in [0, 0.1) is 17.8 Å². The zero-order chi connectivity index (χ0) is 26.7. The first-order valence-electron chi connectivity index (χ1n) is 13.3. The fraction of sp³-hybridized carbons (Fsp3) is 0.607. The van der Waals surface area contributed by atoms with Gasteiger partial charge in [-0.3, -0.25) is 14.4 Å². The van der Waals surface area contributed by atoms with Crippen LogP contribution in [0.15, 0.2) is 36.9 Å². The predicted molar refractivity (Wildman–Crippen MR) is 147 cm³/mol. The summed E-state index contributed by atoms with van der Waals surface area (Å²) in [4.78, 5) is 45.1. The van der Waals surface area contributed by atoms with Gasteiger partial charge in [0.25, 0.3) is 5.91 Å². The number of ether oxygens (including phenoxy) is 1. The molecule has 37 heavy (non-hydrogen) atoms. The third-order valence-electron chi connectivity index (χ3n) is 8.07. The quantitative estimate of drug-likeness (QED) is 0.238. The topological polar surface area (TPSA) is 87.2 Å². The highest BCUT2D eigenvalue weighted by atomic mass is 35.5. The zero-order valence-corrected chi connectivity index (χ0v) is 23.2. The van der Waals surface area contributed by atoms with Gasteiger partial charge in [0.05, 0.1) is 33.9 Å². The van der Waals surface area contributed by atoms with E-state index in [0.29, 0.717) is 23.7 Å². The third-order valence-corrected chi connectivity index (χ3v) is 10.5. The zero-order valence-electron chi connectivity index (χ0n) is 21.6. The third kappa shape index (κ3) is 4.81. The lowest BCUT2D eigenvalue weighted by Crippen LogP contribution is -2.57. The van der Waals surface area contributed by atoms with Crippen LogP contribution in [-0.2, 0) is 19.1 Å². The van der Waals surface area contributed by atoms with Gasteiger partial charge in [-0.05, 0) is 44.2 Å². The molecule has 6 atom stereocenters. The number of anilines is 1. The number of thioether (sulfide) groups is 1. The highest BCUT2D eigenvalue weighted by Gasteiger charge is 2.76. The highest BCUT2D eigenvalue weighted by molar-refractivity contribution is 8.02. The molecule has 0 aromatic heterocycles. The van der Waals surface area contributed by atoms with Gasteiger partial charge in [-0.1, -0.05) is 49.6 Å². The Morgan fingerprint density at radius 2 is 2.03 bits per heavy atom. The van der Waals surface area contributed by atoms with Crippen molar-refractivity contribution in [2.45, 2.75) is 62.0 Å². The molecular weight excluding hydrogens is 512 g/mol. The lowest BCUT2D eigenvalue weighted by atomic mass is 9.66. The summed E-state index contributed by atoms with van der Waals surface area (Å²) in [7, 11) is 0. The SMILES string of the molecule is C=CCN(C(=O)C1N(CCCCCCO)C(=O)[C@@H]2[C@H](C(=O)OCC)[C@@H]3CC(C)C12S3)c1ccccc1Cl. The van der Waals surface area contributed by atoms with Gasteiger partial charge in [0.2, 0.25) is 5.91 Å². The number of aliphatic hydroxyl groups is 1. The molecule has 202 valence electrons. The molecule has 1 spiro atoms. The predicted octanol–water partition coefficient (Wildman–Crippen LogP) is 4.31. The highest BCUT2D eigenvalue weighted by Crippen LogP contribution is 2.68. The van der Waals surface area contributed by atoms with Crippen LogP contribution in [-0.4, -0.2) is 70.1 Å². The Morgan fingerprint density at radius 1 is 1.30 bits per heavy atom. The van der Waals surface area contributed by atoms with E-state index in [9.17, 15) is 14.4 Å². The molecule has 9 heteroatoms. The number of halogens is 1. The van der Waals surface area contributed by atoms with E-state index in [0.717, 1.165) is 25.7 Å². The molecule has 3 aliphatic rings. The van der Waals surface area contributed by atoms with E-state index >= 15 is 0 Å². The van der Waals surface area contributed by atoms with Crippen LogP contribution in [0.3, 0.4) is 0 Å². The van der Waals surface area contributed by atoms with E-state index in [4.69, 9.17) is 21.4 Å². The molecule has 2 bridgehead atoms. The van der Waals surface area contributed by atoms with Gasteiger partial charge in [-0.2, -0.15) is 0 Å². The Labute approximate surface area is 228 Å². The summed E-state index contributed by atoms with van der Waals surface area (Å²) in [5, 5.41) is 9.54. The van der Waals surface area contributed by atoms with Crippen molar-refractivity contribution < 1.29 is 24.2 Å².